The number of hydrogen-bond acceptors (Lipinski definition) is 9. The van der Waals surface area contributed by atoms with Crippen LogP contribution in [0.4, 0.5) is 0 Å². The van der Waals surface area contributed by atoms with E-state index in [0.717, 1.165) is 24.3 Å². The van der Waals surface area contributed by atoms with Gasteiger partial charge in [-0.25, -0.2) is 0 Å². The third kappa shape index (κ3) is 13.1. The van der Waals surface area contributed by atoms with Gasteiger partial charge in [0.05, 0.1) is 12.5 Å². The van der Waals surface area contributed by atoms with Gasteiger partial charge >= 0.3 is 113 Å². The Balaban J connectivity index is 0.000000423. The van der Waals surface area contributed by atoms with Gasteiger partial charge in [-0.05, 0) is 48.3 Å². The monoisotopic (exact) mass is 526 g/mol. The van der Waals surface area contributed by atoms with Crippen molar-refractivity contribution in [1.82, 2.24) is 0 Å². The number of para-hydroxylation sites is 2. The molecule has 0 amide bonds. The molecule has 9 nitrogen and oxygen atoms in total. The van der Waals surface area contributed by atoms with Gasteiger partial charge in [0.15, 0.2) is 0 Å². The van der Waals surface area contributed by atoms with E-state index < -0.39 is 27.2 Å². The SMILES string of the molecule is C1=COc2ccccc2C1.C1=COc2ccccc2C1.[Na+].[Na+].[O]=[Cr](=[O])([O-])[O][Cr](=[O])(=[O])[O-]. The first-order valence-electron chi connectivity index (χ1n) is 8.06. The van der Waals surface area contributed by atoms with Crippen molar-refractivity contribution in [3.63, 3.8) is 0 Å². The molecule has 0 spiro atoms. The summed E-state index contributed by atoms with van der Waals surface area (Å²) in [5, 5.41) is 0. The maximum atomic E-state index is 9.38. The predicted molar refractivity (Wildman–Crippen MR) is 83.7 cm³/mol. The predicted octanol–water partition coefficient (Wildman–Crippen LogP) is -4.65. The molecule has 0 bridgehead atoms. The Kier molecular flexibility index (Phi) is 14.6. The third-order valence-corrected chi connectivity index (χ3v) is 6.04. The van der Waals surface area contributed by atoms with E-state index in [1.807, 2.05) is 48.6 Å². The quantitative estimate of drug-likeness (QED) is 0.353. The Morgan fingerprint density at radius 1 is 0.677 bits per heavy atom. The zero-order valence-corrected chi connectivity index (χ0v) is 23.4. The molecule has 0 atom stereocenters. The van der Waals surface area contributed by atoms with E-state index in [2.05, 4.69) is 15.0 Å². The van der Waals surface area contributed by atoms with Crippen molar-refractivity contribution >= 4 is 0 Å². The van der Waals surface area contributed by atoms with Crippen molar-refractivity contribution in [3.8, 4) is 11.5 Å². The van der Waals surface area contributed by atoms with Gasteiger partial charge in [-0.15, -0.1) is 0 Å². The average molecular weight is 526 g/mol. The van der Waals surface area contributed by atoms with E-state index in [4.69, 9.17) is 9.47 Å². The molecule has 0 aliphatic carbocycles. The minimum absolute atomic E-state index is 0. The van der Waals surface area contributed by atoms with Crippen LogP contribution in [0.25, 0.3) is 0 Å². The van der Waals surface area contributed by atoms with Crippen LogP contribution in [0.15, 0.2) is 73.2 Å². The van der Waals surface area contributed by atoms with E-state index in [-0.39, 0.29) is 59.1 Å². The number of hydrogen-bond donors (Lipinski definition) is 0. The van der Waals surface area contributed by atoms with E-state index in [1.54, 1.807) is 12.5 Å². The van der Waals surface area contributed by atoms with Gasteiger partial charge in [0.1, 0.15) is 11.5 Å². The summed E-state index contributed by atoms with van der Waals surface area (Å²) in [7, 11) is 0. The molecular weight excluding hydrogens is 510 g/mol. The molecular formula is C18H16Cr2Na2O9. The van der Waals surface area contributed by atoms with E-state index in [0.29, 0.717) is 0 Å². The molecule has 31 heavy (non-hydrogen) atoms. The summed E-state index contributed by atoms with van der Waals surface area (Å²) in [6, 6.07) is 16.2. The molecule has 0 aromatic heterocycles. The first-order chi connectivity index (χ1) is 13.6. The summed E-state index contributed by atoms with van der Waals surface area (Å²) in [6.45, 7) is 0. The van der Waals surface area contributed by atoms with Crippen molar-refractivity contribution in [2.75, 3.05) is 0 Å². The number of allylic oxidation sites excluding steroid dienone is 2. The Morgan fingerprint density at radius 3 is 1.32 bits per heavy atom. The molecule has 0 saturated carbocycles. The number of benzene rings is 2. The van der Waals surface area contributed by atoms with Crippen molar-refractivity contribution in [3.05, 3.63) is 84.3 Å². The van der Waals surface area contributed by atoms with Crippen molar-refractivity contribution in [2.45, 2.75) is 12.8 Å². The van der Waals surface area contributed by atoms with Crippen LogP contribution in [0.1, 0.15) is 11.1 Å². The second-order valence-corrected chi connectivity index (χ2v) is 9.13. The van der Waals surface area contributed by atoms with E-state index >= 15 is 0 Å². The Morgan fingerprint density at radius 2 is 1.03 bits per heavy atom. The van der Waals surface area contributed by atoms with Crippen LogP contribution in [0, 0.1) is 0 Å². The van der Waals surface area contributed by atoms with Gasteiger partial charge in [0.25, 0.3) is 0 Å². The normalized spacial score (nSPS) is 13.0. The van der Waals surface area contributed by atoms with E-state index in [9.17, 15) is 23.5 Å². The maximum absolute atomic E-state index is 9.38. The Bertz CT molecular complexity index is 957. The summed E-state index contributed by atoms with van der Waals surface area (Å²) in [4.78, 5) is 0. The zero-order valence-electron chi connectivity index (χ0n) is 16.8. The summed E-state index contributed by atoms with van der Waals surface area (Å²) in [5.74, 6) is 1.98. The molecule has 156 valence electrons. The van der Waals surface area contributed by atoms with Crippen LogP contribution in [0.2, 0.25) is 0 Å². The van der Waals surface area contributed by atoms with Gasteiger partial charge in [0.2, 0.25) is 0 Å². The molecule has 2 aliphatic heterocycles. The van der Waals surface area contributed by atoms with E-state index in [1.165, 1.54) is 11.1 Å². The fourth-order valence-corrected chi connectivity index (χ4v) is 3.90. The molecule has 2 aromatic rings. The molecule has 2 aromatic carbocycles. The second kappa shape index (κ2) is 14.7. The minimum atomic E-state index is -6.07. The van der Waals surface area contributed by atoms with Gasteiger partial charge < -0.3 is 9.47 Å². The summed E-state index contributed by atoms with van der Waals surface area (Å²) in [6.07, 6.45) is 9.50. The molecule has 13 heteroatoms. The van der Waals surface area contributed by atoms with Gasteiger partial charge in [-0.1, -0.05) is 36.4 Å². The number of ether oxygens (including phenoxy) is 2. The van der Waals surface area contributed by atoms with Gasteiger partial charge in [-0.2, -0.15) is 0 Å². The molecule has 0 N–H and O–H groups in total. The van der Waals surface area contributed by atoms with Gasteiger partial charge in [0, 0.05) is 0 Å². The molecule has 0 unspecified atom stereocenters. The first kappa shape index (κ1) is 30.7. The molecule has 4 rings (SSSR count). The third-order valence-electron chi connectivity index (χ3n) is 3.37. The second-order valence-electron chi connectivity index (χ2n) is 5.49. The van der Waals surface area contributed by atoms with Crippen molar-refractivity contribution < 1.29 is 122 Å². The van der Waals surface area contributed by atoms with Crippen LogP contribution < -0.4 is 76.9 Å². The van der Waals surface area contributed by atoms with Crippen molar-refractivity contribution in [2.24, 2.45) is 0 Å². The van der Waals surface area contributed by atoms with Gasteiger partial charge in [-0.3, -0.25) is 0 Å². The van der Waals surface area contributed by atoms with Crippen LogP contribution in [0.3, 0.4) is 0 Å². The molecule has 2 aliphatic rings. The topological polar surface area (TPSA) is 142 Å². The summed E-state index contributed by atoms with van der Waals surface area (Å²) < 4.78 is 69.4. The Labute approximate surface area is 228 Å². The average Bonchev–Trinajstić information content (AvgIpc) is 2.66. The Hall–Kier alpha value is -0.335. The van der Waals surface area contributed by atoms with Crippen LogP contribution >= 0.6 is 0 Å². The number of fused-ring (bicyclic) bond motifs is 2. The first-order valence-corrected chi connectivity index (χ1v) is 12.2. The summed E-state index contributed by atoms with van der Waals surface area (Å²) >= 11 is -12.1. The van der Waals surface area contributed by atoms with Crippen LogP contribution in [0.5, 0.6) is 11.5 Å². The molecule has 0 radical (unpaired) electrons. The fourth-order valence-electron chi connectivity index (χ4n) is 2.27. The number of rotatable bonds is 2. The molecule has 2 heterocycles. The van der Waals surface area contributed by atoms with Crippen molar-refractivity contribution in [1.29, 1.82) is 0 Å². The standard InChI is InChI=1S/2C9H8O.2Cr.2Na.7O/c2*1-2-6-9-8(4-1)5-3-7-10-9;;;;;;;;;;;/h2*1-4,6-7H,5H2;;;;;;;;;;;/q;;;;2*+1;;;;;;2*-1. The zero-order chi connectivity index (χ0) is 21.3. The van der Waals surface area contributed by atoms with Crippen LogP contribution in [-0.4, -0.2) is 0 Å². The fraction of sp³-hybridized carbons (Fsp3) is 0.111. The van der Waals surface area contributed by atoms with Crippen LogP contribution in [-0.2, 0) is 58.1 Å². The molecule has 0 fully saturated rings. The summed E-state index contributed by atoms with van der Waals surface area (Å²) in [5.41, 5.74) is 2.54. The molecule has 0 saturated heterocycles.